The van der Waals surface area contributed by atoms with Crippen LogP contribution in [0.4, 0.5) is 4.39 Å². The van der Waals surface area contributed by atoms with E-state index in [1.165, 1.54) is 6.07 Å². The molecule has 0 radical (unpaired) electrons. The normalized spacial score (nSPS) is 10.1. The van der Waals surface area contributed by atoms with Crippen LogP contribution in [0.25, 0.3) is 11.3 Å². The standard InChI is InChI=1S/C13H10FNO/c1-9-2-4-10(5-3-9)13-6-11(8-16)12(14)7-15-13/h2-8H,1H3. The Kier molecular flexibility index (Phi) is 2.77. The number of carbonyl (C=O) groups excluding carboxylic acids is 1. The molecule has 1 aromatic heterocycles. The Hall–Kier alpha value is -2.03. The maximum Gasteiger partial charge on any atom is 0.153 e. The minimum absolute atomic E-state index is 0.0329. The third-order valence-electron chi connectivity index (χ3n) is 2.36. The number of benzene rings is 1. The largest absolute Gasteiger partial charge is 0.298 e. The molecule has 1 heterocycles. The van der Waals surface area contributed by atoms with E-state index in [2.05, 4.69) is 4.98 Å². The van der Waals surface area contributed by atoms with Crippen molar-refractivity contribution < 1.29 is 9.18 Å². The summed E-state index contributed by atoms with van der Waals surface area (Å²) in [5.41, 5.74) is 2.64. The van der Waals surface area contributed by atoms with E-state index in [1.807, 2.05) is 31.2 Å². The third-order valence-corrected chi connectivity index (χ3v) is 2.36. The van der Waals surface area contributed by atoms with Crippen LogP contribution in [0.5, 0.6) is 0 Å². The Morgan fingerprint density at radius 1 is 1.25 bits per heavy atom. The predicted octanol–water partition coefficient (Wildman–Crippen LogP) is 3.01. The lowest BCUT2D eigenvalue weighted by Crippen LogP contribution is -1.92. The Morgan fingerprint density at radius 3 is 2.56 bits per heavy atom. The van der Waals surface area contributed by atoms with Crippen LogP contribution in [-0.4, -0.2) is 11.3 Å². The summed E-state index contributed by atoms with van der Waals surface area (Å²) in [5.74, 6) is -0.592. The van der Waals surface area contributed by atoms with Crippen molar-refractivity contribution in [1.82, 2.24) is 4.98 Å². The lowest BCUT2D eigenvalue weighted by molar-refractivity contribution is 0.111. The molecule has 0 bridgehead atoms. The fraction of sp³-hybridized carbons (Fsp3) is 0.0769. The molecular formula is C13H10FNO. The molecule has 0 fully saturated rings. The number of halogens is 1. The topological polar surface area (TPSA) is 30.0 Å². The molecule has 1 aromatic carbocycles. The van der Waals surface area contributed by atoms with Crippen LogP contribution in [0.2, 0.25) is 0 Å². The molecule has 0 aliphatic rings. The maximum absolute atomic E-state index is 13.1. The number of pyridine rings is 1. The van der Waals surface area contributed by atoms with Crippen LogP contribution in [0.3, 0.4) is 0 Å². The van der Waals surface area contributed by atoms with Crippen molar-refractivity contribution in [1.29, 1.82) is 0 Å². The van der Waals surface area contributed by atoms with Gasteiger partial charge in [0, 0.05) is 5.56 Å². The van der Waals surface area contributed by atoms with Gasteiger partial charge in [-0.15, -0.1) is 0 Å². The van der Waals surface area contributed by atoms with Gasteiger partial charge in [-0.25, -0.2) is 4.39 Å². The maximum atomic E-state index is 13.1. The van der Waals surface area contributed by atoms with Crippen LogP contribution in [0.15, 0.2) is 36.5 Å². The van der Waals surface area contributed by atoms with Gasteiger partial charge in [-0.1, -0.05) is 29.8 Å². The molecule has 16 heavy (non-hydrogen) atoms. The van der Waals surface area contributed by atoms with E-state index < -0.39 is 5.82 Å². The molecular weight excluding hydrogens is 205 g/mol. The summed E-state index contributed by atoms with van der Waals surface area (Å²) in [6.45, 7) is 1.98. The molecule has 0 unspecified atom stereocenters. The molecule has 0 spiro atoms. The number of rotatable bonds is 2. The van der Waals surface area contributed by atoms with Crippen molar-refractivity contribution in [3.8, 4) is 11.3 Å². The number of aldehydes is 1. The molecule has 0 atom stereocenters. The summed E-state index contributed by atoms with van der Waals surface area (Å²) in [5, 5.41) is 0. The van der Waals surface area contributed by atoms with Gasteiger partial charge < -0.3 is 0 Å². The van der Waals surface area contributed by atoms with Gasteiger partial charge in [-0.05, 0) is 13.0 Å². The summed E-state index contributed by atoms with van der Waals surface area (Å²) in [4.78, 5) is 14.6. The Labute approximate surface area is 92.8 Å². The van der Waals surface area contributed by atoms with E-state index in [1.54, 1.807) is 0 Å². The van der Waals surface area contributed by atoms with Crippen LogP contribution in [-0.2, 0) is 0 Å². The molecule has 0 aliphatic carbocycles. The zero-order valence-electron chi connectivity index (χ0n) is 8.77. The van der Waals surface area contributed by atoms with Crippen molar-refractivity contribution in [2.45, 2.75) is 6.92 Å². The Bertz CT molecular complexity index is 520. The van der Waals surface area contributed by atoms with Crippen molar-refractivity contribution in [2.24, 2.45) is 0 Å². The van der Waals surface area contributed by atoms with Gasteiger partial charge in [0.05, 0.1) is 17.5 Å². The fourth-order valence-electron chi connectivity index (χ4n) is 1.43. The van der Waals surface area contributed by atoms with Crippen LogP contribution >= 0.6 is 0 Å². The zero-order chi connectivity index (χ0) is 11.5. The van der Waals surface area contributed by atoms with Crippen molar-refractivity contribution in [3.63, 3.8) is 0 Å². The van der Waals surface area contributed by atoms with E-state index in [0.29, 0.717) is 12.0 Å². The van der Waals surface area contributed by atoms with Crippen molar-refractivity contribution in [2.75, 3.05) is 0 Å². The molecule has 0 N–H and O–H groups in total. The Morgan fingerprint density at radius 2 is 1.94 bits per heavy atom. The second-order valence-electron chi connectivity index (χ2n) is 3.57. The molecule has 0 saturated carbocycles. The minimum atomic E-state index is -0.592. The number of hydrogen-bond donors (Lipinski definition) is 0. The number of hydrogen-bond acceptors (Lipinski definition) is 2. The van der Waals surface area contributed by atoms with Gasteiger partial charge in [0.15, 0.2) is 12.1 Å². The highest BCUT2D eigenvalue weighted by atomic mass is 19.1. The third kappa shape index (κ3) is 1.98. The second-order valence-corrected chi connectivity index (χ2v) is 3.57. The van der Waals surface area contributed by atoms with Crippen molar-refractivity contribution in [3.05, 3.63) is 53.5 Å². The first-order chi connectivity index (χ1) is 7.70. The van der Waals surface area contributed by atoms with Gasteiger partial charge >= 0.3 is 0 Å². The molecule has 2 aromatic rings. The summed E-state index contributed by atoms with van der Waals surface area (Å²) in [7, 11) is 0. The average Bonchev–Trinajstić information content (AvgIpc) is 2.31. The first kappa shape index (κ1) is 10.5. The highest BCUT2D eigenvalue weighted by Crippen LogP contribution is 2.19. The van der Waals surface area contributed by atoms with Crippen LogP contribution < -0.4 is 0 Å². The van der Waals surface area contributed by atoms with Gasteiger partial charge in [0.25, 0.3) is 0 Å². The molecule has 80 valence electrons. The molecule has 0 saturated heterocycles. The van der Waals surface area contributed by atoms with Gasteiger partial charge in [-0.2, -0.15) is 0 Å². The second kappa shape index (κ2) is 4.23. The van der Waals surface area contributed by atoms with Gasteiger partial charge in [0.1, 0.15) is 0 Å². The smallest absolute Gasteiger partial charge is 0.153 e. The van der Waals surface area contributed by atoms with Crippen LogP contribution in [0.1, 0.15) is 15.9 Å². The predicted molar refractivity (Wildman–Crippen MR) is 59.8 cm³/mol. The van der Waals surface area contributed by atoms with Gasteiger partial charge in [0.2, 0.25) is 0 Å². The molecule has 0 amide bonds. The monoisotopic (exact) mass is 215 g/mol. The lowest BCUT2D eigenvalue weighted by atomic mass is 10.1. The number of carbonyl (C=O) groups is 1. The van der Waals surface area contributed by atoms with E-state index in [4.69, 9.17) is 0 Å². The molecule has 0 aliphatic heterocycles. The average molecular weight is 215 g/mol. The highest BCUT2D eigenvalue weighted by molar-refractivity contribution is 5.77. The summed E-state index contributed by atoms with van der Waals surface area (Å²) >= 11 is 0. The lowest BCUT2D eigenvalue weighted by Gasteiger charge is -2.02. The number of aromatic nitrogens is 1. The number of nitrogens with zero attached hydrogens (tertiary/aromatic N) is 1. The zero-order valence-corrected chi connectivity index (χ0v) is 8.77. The van der Waals surface area contributed by atoms with Gasteiger partial charge in [-0.3, -0.25) is 9.78 Å². The first-order valence-electron chi connectivity index (χ1n) is 4.88. The van der Waals surface area contributed by atoms with E-state index in [-0.39, 0.29) is 5.56 Å². The minimum Gasteiger partial charge on any atom is -0.298 e. The SMILES string of the molecule is Cc1ccc(-c2cc(C=O)c(F)cn2)cc1. The molecule has 3 heteroatoms. The summed E-state index contributed by atoms with van der Waals surface area (Å²) in [6.07, 6.45) is 1.56. The fourth-order valence-corrected chi connectivity index (χ4v) is 1.43. The number of aryl methyl sites for hydroxylation is 1. The highest BCUT2D eigenvalue weighted by Gasteiger charge is 2.05. The van der Waals surface area contributed by atoms with Crippen molar-refractivity contribution >= 4 is 6.29 Å². The summed E-state index contributed by atoms with van der Waals surface area (Å²) in [6, 6.07) is 9.13. The quantitative estimate of drug-likeness (QED) is 0.721. The molecule has 2 rings (SSSR count). The van der Waals surface area contributed by atoms with E-state index in [0.717, 1.165) is 17.3 Å². The Balaban J connectivity index is 2.48. The van der Waals surface area contributed by atoms with E-state index >= 15 is 0 Å². The molecule has 2 nitrogen and oxygen atoms in total. The van der Waals surface area contributed by atoms with E-state index in [9.17, 15) is 9.18 Å². The van der Waals surface area contributed by atoms with Crippen LogP contribution in [0, 0.1) is 12.7 Å². The summed E-state index contributed by atoms with van der Waals surface area (Å²) < 4.78 is 13.1. The first-order valence-corrected chi connectivity index (χ1v) is 4.88.